The lowest BCUT2D eigenvalue weighted by Crippen LogP contribution is -2.01. The van der Waals surface area contributed by atoms with Crippen molar-refractivity contribution in [1.29, 1.82) is 0 Å². The van der Waals surface area contributed by atoms with Crippen LogP contribution in [0.25, 0.3) is 22.6 Å². The molecule has 154 valence electrons. The van der Waals surface area contributed by atoms with Crippen LogP contribution in [0.4, 0.5) is 0 Å². The Kier molecular flexibility index (Phi) is 4.84. The van der Waals surface area contributed by atoms with Gasteiger partial charge in [-0.15, -0.1) is 5.10 Å². The fourth-order valence-corrected chi connectivity index (χ4v) is 3.62. The molecule has 3 heterocycles. The highest BCUT2D eigenvalue weighted by molar-refractivity contribution is 5.64. The first-order valence-corrected chi connectivity index (χ1v) is 10.0. The molecule has 0 N–H and O–H groups in total. The van der Waals surface area contributed by atoms with Gasteiger partial charge in [0.15, 0.2) is 0 Å². The van der Waals surface area contributed by atoms with Crippen molar-refractivity contribution in [1.82, 2.24) is 29.1 Å². The van der Waals surface area contributed by atoms with E-state index in [9.17, 15) is 0 Å². The lowest BCUT2D eigenvalue weighted by molar-refractivity contribution is 0.413. The van der Waals surface area contributed by atoms with Crippen LogP contribution >= 0.6 is 0 Å². The Bertz CT molecular complexity index is 1320. The zero-order valence-electron chi connectivity index (χ0n) is 17.4. The van der Waals surface area contributed by atoms with Crippen LogP contribution in [0.5, 0.6) is 5.75 Å². The fraction of sp³-hybridized carbons (Fsp3) is 0.125. The van der Waals surface area contributed by atoms with E-state index in [4.69, 9.17) is 4.74 Å². The predicted molar refractivity (Wildman–Crippen MR) is 119 cm³/mol. The number of ether oxygens (including phenoxy) is 1. The molecular formula is C24H22N6O. The predicted octanol–water partition coefficient (Wildman–Crippen LogP) is 4.29. The second-order valence-corrected chi connectivity index (χ2v) is 7.37. The van der Waals surface area contributed by atoms with Crippen LogP contribution in [0.3, 0.4) is 0 Å². The van der Waals surface area contributed by atoms with Crippen molar-refractivity contribution in [3.63, 3.8) is 0 Å². The number of hydrogen-bond acceptors (Lipinski definition) is 4. The molecule has 7 heteroatoms. The average Bonchev–Trinajstić information content (AvgIpc) is 3.56. The van der Waals surface area contributed by atoms with Crippen molar-refractivity contribution in [3.8, 4) is 28.4 Å². The number of imidazole rings is 1. The van der Waals surface area contributed by atoms with E-state index in [1.807, 2.05) is 71.3 Å². The Hall–Kier alpha value is -4.13. The van der Waals surface area contributed by atoms with Crippen molar-refractivity contribution in [2.24, 2.45) is 0 Å². The maximum atomic E-state index is 5.62. The highest BCUT2D eigenvalue weighted by atomic mass is 16.5. The van der Waals surface area contributed by atoms with Crippen molar-refractivity contribution >= 4 is 0 Å². The molecule has 5 rings (SSSR count). The normalized spacial score (nSPS) is 11.0. The molecule has 7 nitrogen and oxygen atoms in total. The molecule has 0 bridgehead atoms. The molecule has 5 aromatic rings. The summed E-state index contributed by atoms with van der Waals surface area (Å²) in [6.45, 7) is 2.61. The van der Waals surface area contributed by atoms with E-state index in [1.165, 1.54) is 0 Å². The van der Waals surface area contributed by atoms with Gasteiger partial charge in [-0.05, 0) is 48.9 Å². The summed E-state index contributed by atoms with van der Waals surface area (Å²) >= 11 is 0. The maximum Gasteiger partial charge on any atom is 0.143 e. The van der Waals surface area contributed by atoms with Crippen LogP contribution in [0.15, 0.2) is 85.7 Å². The lowest BCUT2D eigenvalue weighted by Gasteiger charge is -2.10. The summed E-state index contributed by atoms with van der Waals surface area (Å²) in [4.78, 5) is 4.29. The minimum Gasteiger partial charge on any atom is -0.495 e. The third-order valence-electron chi connectivity index (χ3n) is 5.16. The van der Waals surface area contributed by atoms with Crippen molar-refractivity contribution in [3.05, 3.63) is 97.0 Å². The van der Waals surface area contributed by atoms with E-state index < -0.39 is 0 Å². The number of hydrogen-bond donors (Lipinski definition) is 0. The number of nitrogens with zero attached hydrogens (tertiary/aromatic N) is 6. The molecule has 0 spiro atoms. The molecule has 31 heavy (non-hydrogen) atoms. The van der Waals surface area contributed by atoms with Gasteiger partial charge >= 0.3 is 0 Å². The molecule has 0 fully saturated rings. The topological polar surface area (TPSA) is 62.7 Å². The van der Waals surface area contributed by atoms with Crippen LogP contribution in [-0.2, 0) is 6.54 Å². The first-order valence-electron chi connectivity index (χ1n) is 10.0. The minimum atomic E-state index is 0.644. The van der Waals surface area contributed by atoms with Gasteiger partial charge in [0.1, 0.15) is 11.4 Å². The largest absolute Gasteiger partial charge is 0.495 e. The van der Waals surface area contributed by atoms with Crippen molar-refractivity contribution in [2.45, 2.75) is 13.5 Å². The highest BCUT2D eigenvalue weighted by Gasteiger charge is 2.11. The smallest absolute Gasteiger partial charge is 0.143 e. The van der Waals surface area contributed by atoms with Gasteiger partial charge in [0.05, 0.1) is 37.6 Å². The molecule has 0 aliphatic rings. The molecular weight excluding hydrogens is 388 g/mol. The van der Waals surface area contributed by atoms with Crippen LogP contribution in [0.2, 0.25) is 0 Å². The van der Waals surface area contributed by atoms with Crippen LogP contribution in [0.1, 0.15) is 11.3 Å². The molecule has 2 aromatic carbocycles. The standard InChI is InChI=1S/C24H22N6O/c1-18-14-29(17-25-18)23-9-8-20(13-24(23)31-2)22-16-30(27-26-22)15-19-6-5-7-21(12-19)28-10-3-4-11-28/h3-14,16-17H,15H2,1-2H3. The average molecular weight is 410 g/mol. The quantitative estimate of drug-likeness (QED) is 0.419. The summed E-state index contributed by atoms with van der Waals surface area (Å²) < 4.78 is 11.5. The minimum absolute atomic E-state index is 0.644. The van der Waals surface area contributed by atoms with Gasteiger partial charge in [0.25, 0.3) is 0 Å². The van der Waals surface area contributed by atoms with Gasteiger partial charge in [-0.2, -0.15) is 0 Å². The molecule has 3 aromatic heterocycles. The van der Waals surface area contributed by atoms with E-state index >= 15 is 0 Å². The first-order chi connectivity index (χ1) is 15.2. The molecule has 0 radical (unpaired) electrons. The monoisotopic (exact) mass is 410 g/mol. The summed E-state index contributed by atoms with van der Waals surface area (Å²) in [6.07, 6.45) is 9.78. The zero-order chi connectivity index (χ0) is 21.2. The molecule has 0 saturated carbocycles. The van der Waals surface area contributed by atoms with E-state index in [1.54, 1.807) is 13.4 Å². The summed E-state index contributed by atoms with van der Waals surface area (Å²) in [7, 11) is 1.67. The zero-order valence-corrected chi connectivity index (χ0v) is 17.4. The number of methoxy groups -OCH3 is 1. The Morgan fingerprint density at radius 2 is 1.81 bits per heavy atom. The third kappa shape index (κ3) is 3.85. The molecule has 0 saturated heterocycles. The molecule has 0 unspecified atom stereocenters. The van der Waals surface area contributed by atoms with E-state index in [0.29, 0.717) is 6.54 Å². The first kappa shape index (κ1) is 18.9. The van der Waals surface area contributed by atoms with Crippen LogP contribution < -0.4 is 4.74 Å². The molecule has 0 aliphatic heterocycles. The summed E-state index contributed by atoms with van der Waals surface area (Å²) in [5.41, 5.74) is 5.91. The molecule has 0 aliphatic carbocycles. The second kappa shape index (κ2) is 7.95. The molecule has 0 atom stereocenters. The van der Waals surface area contributed by atoms with Crippen molar-refractivity contribution in [2.75, 3.05) is 7.11 Å². The lowest BCUT2D eigenvalue weighted by atomic mass is 10.1. The molecule has 0 amide bonds. The van der Waals surface area contributed by atoms with E-state index in [-0.39, 0.29) is 0 Å². The van der Waals surface area contributed by atoms with E-state index in [2.05, 4.69) is 44.1 Å². The summed E-state index contributed by atoms with van der Waals surface area (Å²) in [5.74, 6) is 0.754. The Labute approximate surface area is 180 Å². The Morgan fingerprint density at radius 1 is 0.935 bits per heavy atom. The summed E-state index contributed by atoms with van der Waals surface area (Å²) in [5, 5.41) is 8.69. The number of benzene rings is 2. The highest BCUT2D eigenvalue weighted by Crippen LogP contribution is 2.29. The Balaban J connectivity index is 1.39. The number of rotatable bonds is 6. The second-order valence-electron chi connectivity index (χ2n) is 7.37. The van der Waals surface area contributed by atoms with Crippen molar-refractivity contribution < 1.29 is 4.74 Å². The maximum absolute atomic E-state index is 5.62. The van der Waals surface area contributed by atoms with Crippen LogP contribution in [0, 0.1) is 6.92 Å². The van der Waals surface area contributed by atoms with Gasteiger partial charge in [-0.1, -0.05) is 23.4 Å². The van der Waals surface area contributed by atoms with Gasteiger partial charge in [-0.25, -0.2) is 9.67 Å². The van der Waals surface area contributed by atoms with Gasteiger partial charge in [0.2, 0.25) is 0 Å². The third-order valence-corrected chi connectivity index (χ3v) is 5.16. The fourth-order valence-electron chi connectivity index (χ4n) is 3.62. The van der Waals surface area contributed by atoms with Gasteiger partial charge < -0.3 is 13.9 Å². The van der Waals surface area contributed by atoms with Gasteiger partial charge in [0, 0.05) is 29.8 Å². The SMILES string of the molecule is COc1cc(-c2cn(Cc3cccc(-n4cccc4)c3)nn2)ccc1-n1cnc(C)c1. The number of aromatic nitrogens is 6. The summed E-state index contributed by atoms with van der Waals surface area (Å²) in [6, 6.07) is 18.4. The van der Waals surface area contributed by atoms with E-state index in [0.717, 1.165) is 39.6 Å². The van der Waals surface area contributed by atoms with Crippen LogP contribution in [-0.4, -0.2) is 36.2 Å². The van der Waals surface area contributed by atoms with Gasteiger partial charge in [-0.3, -0.25) is 0 Å². The number of aryl methyl sites for hydroxylation is 1. The Morgan fingerprint density at radius 3 is 2.58 bits per heavy atom.